The van der Waals surface area contributed by atoms with E-state index in [1.807, 2.05) is 6.07 Å². The predicted molar refractivity (Wildman–Crippen MR) is 281 cm³/mol. The molecule has 0 amide bonds. The van der Waals surface area contributed by atoms with Crippen molar-refractivity contribution in [2.45, 2.75) is 67.5 Å². The molecule has 21 heteroatoms. The van der Waals surface area contributed by atoms with E-state index in [1.54, 1.807) is 58.0 Å². The monoisotopic (exact) mass is 1660 g/mol. The van der Waals surface area contributed by atoms with Gasteiger partial charge in [0.25, 0.3) is 0 Å². The molecule has 2 aliphatic heterocycles. The van der Waals surface area contributed by atoms with Crippen LogP contribution in [0.15, 0.2) is 63.7 Å². The number of phenols is 4. The number of furan rings is 2. The summed E-state index contributed by atoms with van der Waals surface area (Å²) in [6.45, 7) is 21.5. The van der Waals surface area contributed by atoms with Crippen molar-refractivity contribution >= 4 is 111 Å². The van der Waals surface area contributed by atoms with E-state index in [4.69, 9.17) is 29.1 Å². The van der Waals surface area contributed by atoms with Crippen molar-refractivity contribution in [1.29, 1.82) is 0 Å². The molecule has 4 aromatic heterocycles. The molecule has 3 radical (unpaired) electrons. The first-order valence-electron chi connectivity index (χ1n) is 24.1. The molecule has 6 aromatic carbocycles. The van der Waals surface area contributed by atoms with Gasteiger partial charge in [-0.15, -0.1) is 0 Å². The van der Waals surface area contributed by atoms with Crippen LogP contribution in [0, 0.1) is 166 Å². The van der Waals surface area contributed by atoms with Gasteiger partial charge < -0.3 is 64.7 Å². The van der Waals surface area contributed by atoms with Crippen LogP contribution in [0.1, 0.15) is 50.3 Å². The second-order valence-electron chi connectivity index (χ2n) is 20.0. The number of hydrogen-bond acceptors (Lipinski definition) is 16. The van der Waals surface area contributed by atoms with E-state index in [2.05, 4.69) is 57.7 Å². The summed E-state index contributed by atoms with van der Waals surface area (Å²) in [5.74, 6) is 0.774. The SMILES string of the molecule is Cc1cc2c(o1)c(C)c(=O)c1c(O)c([NH-])c3oc4cc(N5CC(C)NC(C)C5)cc(O)c4nc3c12.Cc1cc2c(o1)c(C)c(=O)c1c(O)c([NH-])c3oc4cc(N5CCN(CC(C)C)CC5)cc(O)c4nc3c12.[Ac].[Ac].[Ac]. The van der Waals surface area contributed by atoms with E-state index in [9.17, 15) is 30.0 Å². The number of anilines is 2. The Morgan fingerprint density at radius 1 is 0.587 bits per heavy atom. The number of phenolic OH excluding ortho intramolecular Hbond substituents is 4. The number of hydrogen-bond donors (Lipinski definition) is 5. The number of nitrogens with one attached hydrogen (secondary N) is 3. The molecule has 2 unspecified atom stereocenters. The normalized spacial score (nSPS) is 16.3. The summed E-state index contributed by atoms with van der Waals surface area (Å²) < 4.78 is 23.8. The second kappa shape index (κ2) is 21.9. The van der Waals surface area contributed by atoms with Crippen molar-refractivity contribution in [2.24, 2.45) is 5.92 Å². The number of aromatic nitrogens is 2. The number of piperazine rings is 2. The number of aryl methyl sites for hydroxylation is 4. The molecule has 0 aliphatic carbocycles. The van der Waals surface area contributed by atoms with E-state index in [0.29, 0.717) is 66.9 Å². The average molecular weight is 1660 g/mol. The molecule has 0 spiro atoms. The van der Waals surface area contributed by atoms with Crippen LogP contribution in [0.25, 0.3) is 99.3 Å². The maximum absolute atomic E-state index is 13.2. The van der Waals surface area contributed by atoms with Gasteiger partial charge in [-0.25, -0.2) is 9.97 Å². The van der Waals surface area contributed by atoms with Crippen LogP contribution < -0.4 is 26.0 Å². The topological polar surface area (TPSA) is 263 Å². The Labute approximate surface area is 536 Å². The van der Waals surface area contributed by atoms with Gasteiger partial charge in [-0.3, -0.25) is 14.5 Å². The number of fused-ring (bicyclic) bond motifs is 12. The molecule has 6 heterocycles. The molecule has 381 valence electrons. The largest absolute Gasteiger partial charge is 0.693 e. The zero-order chi connectivity index (χ0) is 50.9. The van der Waals surface area contributed by atoms with Crippen LogP contribution in [0.2, 0.25) is 0 Å². The first kappa shape index (κ1) is 57.5. The molecular formula is C54H54Ac3N8O10-2. The Balaban J connectivity index is 0.000000192. The van der Waals surface area contributed by atoms with Gasteiger partial charge in [-0.05, 0) is 59.6 Å². The van der Waals surface area contributed by atoms with Gasteiger partial charge >= 0.3 is 0 Å². The molecule has 18 nitrogen and oxygen atoms in total. The van der Waals surface area contributed by atoms with E-state index >= 15 is 0 Å². The fraction of sp³-hybridized carbons (Fsp3) is 0.333. The van der Waals surface area contributed by atoms with Gasteiger partial charge in [0.05, 0.1) is 10.8 Å². The van der Waals surface area contributed by atoms with Crippen LogP contribution in [0.5, 0.6) is 23.0 Å². The average Bonchev–Trinajstić information content (AvgIpc) is 3.93. The molecule has 0 saturated carbocycles. The molecule has 2 atom stereocenters. The third kappa shape index (κ3) is 9.89. The third-order valence-electron chi connectivity index (χ3n) is 14.1. The van der Waals surface area contributed by atoms with Gasteiger partial charge in [0.1, 0.15) is 78.9 Å². The molecule has 2 aliphatic rings. The number of nitrogens with zero attached hydrogens (tertiary/aromatic N) is 5. The predicted octanol–water partition coefficient (Wildman–Crippen LogP) is 10.9. The molecule has 12 rings (SSSR count). The van der Waals surface area contributed by atoms with Crippen molar-refractivity contribution in [3.63, 3.8) is 0 Å². The Hall–Kier alpha value is -3.64. The first-order chi connectivity index (χ1) is 34.3. The smallest absolute Gasteiger partial charge is 0.196 e. The summed E-state index contributed by atoms with van der Waals surface area (Å²) in [5.41, 5.74) is 20.3. The van der Waals surface area contributed by atoms with Crippen LogP contribution in [-0.4, -0.2) is 93.2 Å². The molecule has 75 heavy (non-hydrogen) atoms. The minimum absolute atomic E-state index is 0. The Morgan fingerprint density at radius 3 is 1.41 bits per heavy atom. The first-order valence-corrected chi connectivity index (χ1v) is 24.1. The fourth-order valence-corrected chi connectivity index (χ4v) is 10.9. The summed E-state index contributed by atoms with van der Waals surface area (Å²) in [5, 5.41) is 49.1. The maximum atomic E-state index is 13.2. The number of rotatable bonds is 4. The van der Waals surface area contributed by atoms with Crippen molar-refractivity contribution in [3.8, 4) is 23.0 Å². The summed E-state index contributed by atoms with van der Waals surface area (Å²) in [6, 6.07) is 11.0. The standard InChI is InChI=1S/C28H30N4O5.C26H26N4O5.3Ac/c1-13(2)12-31-5-7-32(8-6-31)16-10-18(33)23-19(11-16)37-28-22(29)26(35)21-20(24(28)30-23)17-9-14(3)36-27(17)15(4)25(21)34;1-10-8-30(9-11(2)28-10)14-6-16(31)21-17(7-14)35-26-20(27)24(33)19-18(22(26)29-21)15-5-12(3)34-25(15)13(4)23(19)32;;;/h9-11,13H,5-8,12H2,1-4H3,(H4,29,30,33,34,35);5-7,10-11,28H,8-9H2,1-4H3,(H4,27,29,31,32,33);;;/p-2. The Morgan fingerprint density at radius 2 is 1.00 bits per heavy atom. The molecule has 0 bridgehead atoms. The Kier molecular flexibility index (Phi) is 16.8. The summed E-state index contributed by atoms with van der Waals surface area (Å²) >= 11 is 0. The van der Waals surface area contributed by atoms with Crippen molar-refractivity contribution < 1.29 is 170 Å². The molecule has 2 saturated heterocycles. The van der Waals surface area contributed by atoms with Gasteiger partial charge in [0, 0.05) is 258 Å². The minimum Gasteiger partial charge on any atom is -0.693 e. The van der Waals surface area contributed by atoms with Gasteiger partial charge in [0.2, 0.25) is 0 Å². The van der Waals surface area contributed by atoms with Crippen molar-refractivity contribution in [2.75, 3.05) is 55.6 Å². The third-order valence-corrected chi connectivity index (χ3v) is 14.1. The summed E-state index contributed by atoms with van der Waals surface area (Å²) in [4.78, 5) is 42.5. The van der Waals surface area contributed by atoms with Crippen LogP contribution in [0.3, 0.4) is 0 Å². The molecular weight excluding hydrogens is 1600 g/mol. The van der Waals surface area contributed by atoms with Gasteiger partial charge in [0.15, 0.2) is 22.0 Å². The second-order valence-corrected chi connectivity index (χ2v) is 20.0. The van der Waals surface area contributed by atoms with Crippen molar-refractivity contribution in [3.05, 3.63) is 91.0 Å². The van der Waals surface area contributed by atoms with E-state index in [-0.39, 0.29) is 217 Å². The molecule has 10 aromatic rings. The van der Waals surface area contributed by atoms with E-state index < -0.39 is 22.4 Å². The molecule has 7 N–H and O–H groups in total. The van der Waals surface area contributed by atoms with Crippen molar-refractivity contribution in [1.82, 2.24) is 20.2 Å². The Bertz CT molecular complexity index is 4060. The maximum Gasteiger partial charge on any atom is 0.196 e. The zero-order valence-electron chi connectivity index (χ0n) is 42.9. The molecule has 2 fully saturated rings. The van der Waals surface area contributed by atoms with E-state index in [0.717, 1.165) is 57.2 Å². The fourth-order valence-electron chi connectivity index (χ4n) is 10.9. The van der Waals surface area contributed by atoms with Gasteiger partial charge in [-0.2, -0.15) is 0 Å². The summed E-state index contributed by atoms with van der Waals surface area (Å²) in [6.07, 6.45) is 0. The van der Waals surface area contributed by atoms with Gasteiger partial charge in [-0.1, -0.05) is 25.2 Å². The minimum atomic E-state index is -0.462. The quantitative estimate of drug-likeness (QED) is 0.0623. The number of aromatic hydroxyl groups is 4. The zero-order valence-corrected chi connectivity index (χ0v) is 57.1. The summed E-state index contributed by atoms with van der Waals surface area (Å²) in [7, 11) is 0. The van der Waals surface area contributed by atoms with Crippen LogP contribution in [0.4, 0.5) is 22.7 Å². The van der Waals surface area contributed by atoms with Crippen LogP contribution >= 0.6 is 0 Å². The van der Waals surface area contributed by atoms with E-state index in [1.165, 1.54) is 0 Å². The number of benzene rings is 6. The van der Waals surface area contributed by atoms with Crippen LogP contribution in [-0.2, 0) is 0 Å².